The zero-order valence-corrected chi connectivity index (χ0v) is 17.5. The summed E-state index contributed by atoms with van der Waals surface area (Å²) in [5.74, 6) is -0.131. The molecule has 1 fully saturated rings. The molecule has 0 bridgehead atoms. The first kappa shape index (κ1) is 19.0. The minimum absolute atomic E-state index is 0.0665. The number of benzene rings is 1. The number of aryl methyl sites for hydroxylation is 1. The number of pyridine rings is 1. The minimum atomic E-state index is -0.131. The Kier molecular flexibility index (Phi) is 5.06. The number of hydrogen-bond acceptors (Lipinski definition) is 5. The second kappa shape index (κ2) is 8.01. The quantitative estimate of drug-likeness (QED) is 0.534. The molecular weight excluding hydrogens is 396 g/mol. The number of nitrogens with zero attached hydrogens (tertiary/aromatic N) is 3. The van der Waals surface area contributed by atoms with E-state index in [0.29, 0.717) is 18.9 Å². The summed E-state index contributed by atoms with van der Waals surface area (Å²) in [5, 5.41) is 9.43. The molecule has 1 amide bonds. The lowest BCUT2D eigenvalue weighted by Gasteiger charge is -2.12. The van der Waals surface area contributed by atoms with Gasteiger partial charge in [0.25, 0.3) is 5.91 Å². The van der Waals surface area contributed by atoms with E-state index in [1.807, 2.05) is 29.9 Å². The molecule has 0 spiro atoms. The van der Waals surface area contributed by atoms with E-state index in [-0.39, 0.29) is 11.9 Å². The summed E-state index contributed by atoms with van der Waals surface area (Å²) in [4.78, 5) is 17.5. The third-order valence-corrected chi connectivity index (χ3v) is 6.54. The van der Waals surface area contributed by atoms with Gasteiger partial charge in [0, 0.05) is 19.0 Å². The van der Waals surface area contributed by atoms with Crippen LogP contribution in [0.3, 0.4) is 0 Å². The van der Waals surface area contributed by atoms with E-state index in [1.54, 1.807) is 17.5 Å². The fourth-order valence-corrected chi connectivity index (χ4v) is 4.76. The van der Waals surface area contributed by atoms with Crippen molar-refractivity contribution in [3.05, 3.63) is 76.6 Å². The van der Waals surface area contributed by atoms with Crippen LogP contribution in [0.15, 0.2) is 54.2 Å². The third-order valence-electron chi connectivity index (χ3n) is 5.37. The van der Waals surface area contributed by atoms with Gasteiger partial charge in [-0.1, -0.05) is 12.1 Å². The van der Waals surface area contributed by atoms with Crippen molar-refractivity contribution >= 4 is 27.5 Å². The summed E-state index contributed by atoms with van der Waals surface area (Å²) in [6.07, 6.45) is 5.28. The van der Waals surface area contributed by atoms with Crippen LogP contribution in [0, 0.1) is 6.92 Å². The molecule has 1 aliphatic heterocycles. The molecule has 0 aliphatic carbocycles. The molecule has 0 radical (unpaired) electrons. The normalized spacial score (nSPS) is 16.2. The summed E-state index contributed by atoms with van der Waals surface area (Å²) in [5.41, 5.74) is 5.81. The molecule has 152 valence electrons. The number of nitrogens with one attached hydrogen (secondary N) is 1. The Balaban J connectivity index is 1.44. The Morgan fingerprint density at radius 1 is 1.33 bits per heavy atom. The molecule has 5 rings (SSSR count). The molecule has 3 aromatic heterocycles. The van der Waals surface area contributed by atoms with Crippen LogP contribution in [0.2, 0.25) is 0 Å². The van der Waals surface area contributed by atoms with E-state index < -0.39 is 0 Å². The van der Waals surface area contributed by atoms with Crippen molar-refractivity contribution in [1.29, 1.82) is 0 Å². The number of amides is 1. The molecular formula is C23H22N4O2S. The first-order valence-electron chi connectivity index (χ1n) is 10.0. The van der Waals surface area contributed by atoms with Crippen molar-refractivity contribution < 1.29 is 9.53 Å². The van der Waals surface area contributed by atoms with E-state index in [9.17, 15) is 4.79 Å². The first-order chi connectivity index (χ1) is 14.7. The number of ether oxygens (including phenoxy) is 1. The van der Waals surface area contributed by atoms with Crippen molar-refractivity contribution in [3.63, 3.8) is 0 Å². The van der Waals surface area contributed by atoms with Crippen LogP contribution in [-0.4, -0.2) is 39.9 Å². The van der Waals surface area contributed by atoms with Crippen LogP contribution in [-0.2, 0) is 11.2 Å². The molecule has 4 heterocycles. The summed E-state index contributed by atoms with van der Waals surface area (Å²) in [6.45, 7) is 3.31. The topological polar surface area (TPSA) is 69.0 Å². The molecule has 6 nitrogen and oxygen atoms in total. The number of carbonyl (C=O) groups is 1. The number of carbonyl (C=O) groups excluding carboxylic acids is 1. The van der Waals surface area contributed by atoms with Crippen molar-refractivity contribution in [2.45, 2.75) is 25.8 Å². The van der Waals surface area contributed by atoms with Gasteiger partial charge in [-0.3, -0.25) is 4.79 Å². The average molecular weight is 419 g/mol. The standard InChI is InChI=1S/C23H22N4O2S/c1-15-14-30-22-17(11-16-3-5-19(6-4-16)27-9-2-8-24-27)12-20(26-21(15)22)23(28)25-18-7-10-29-13-18/h2-6,8-9,12,14,18H,7,10-11,13H2,1H3,(H,25,28)/t18-/m1/s1. The first-order valence-corrected chi connectivity index (χ1v) is 10.9. The van der Waals surface area contributed by atoms with Gasteiger partial charge >= 0.3 is 0 Å². The van der Waals surface area contributed by atoms with Crippen molar-refractivity contribution in [1.82, 2.24) is 20.1 Å². The Morgan fingerprint density at radius 3 is 2.93 bits per heavy atom. The highest BCUT2D eigenvalue weighted by Gasteiger charge is 2.21. The van der Waals surface area contributed by atoms with E-state index in [0.717, 1.165) is 39.9 Å². The molecule has 7 heteroatoms. The van der Waals surface area contributed by atoms with Crippen LogP contribution >= 0.6 is 11.3 Å². The Morgan fingerprint density at radius 2 is 2.20 bits per heavy atom. The molecule has 1 saturated heterocycles. The highest BCUT2D eigenvalue weighted by molar-refractivity contribution is 7.17. The van der Waals surface area contributed by atoms with E-state index >= 15 is 0 Å². The molecule has 1 N–H and O–H groups in total. The van der Waals surface area contributed by atoms with Gasteiger partial charge in [0.05, 0.1) is 28.6 Å². The number of fused-ring (bicyclic) bond motifs is 1. The minimum Gasteiger partial charge on any atom is -0.379 e. The van der Waals surface area contributed by atoms with Gasteiger partial charge in [-0.15, -0.1) is 11.3 Å². The Labute approximate surface area is 178 Å². The molecule has 0 saturated carbocycles. The summed E-state index contributed by atoms with van der Waals surface area (Å²) >= 11 is 1.69. The number of aromatic nitrogens is 3. The van der Waals surface area contributed by atoms with E-state index in [2.05, 4.69) is 45.0 Å². The summed E-state index contributed by atoms with van der Waals surface area (Å²) < 4.78 is 8.35. The van der Waals surface area contributed by atoms with Gasteiger partial charge < -0.3 is 10.1 Å². The molecule has 1 aromatic carbocycles. The van der Waals surface area contributed by atoms with Crippen LogP contribution in [0.25, 0.3) is 15.9 Å². The maximum atomic E-state index is 12.8. The smallest absolute Gasteiger partial charge is 0.270 e. The van der Waals surface area contributed by atoms with Crippen molar-refractivity contribution in [3.8, 4) is 5.69 Å². The maximum absolute atomic E-state index is 12.8. The van der Waals surface area contributed by atoms with Crippen LogP contribution in [0.1, 0.15) is 33.6 Å². The van der Waals surface area contributed by atoms with Gasteiger partial charge in [0.1, 0.15) is 5.69 Å². The van der Waals surface area contributed by atoms with Gasteiger partial charge in [0.15, 0.2) is 0 Å². The fourth-order valence-electron chi connectivity index (χ4n) is 3.75. The average Bonchev–Trinajstić information content (AvgIpc) is 3.52. The lowest BCUT2D eigenvalue weighted by Crippen LogP contribution is -2.35. The lowest BCUT2D eigenvalue weighted by atomic mass is 10.0. The number of hydrogen-bond donors (Lipinski definition) is 1. The van der Waals surface area contributed by atoms with Crippen molar-refractivity contribution in [2.75, 3.05) is 13.2 Å². The lowest BCUT2D eigenvalue weighted by molar-refractivity contribution is 0.0925. The largest absolute Gasteiger partial charge is 0.379 e. The van der Waals surface area contributed by atoms with E-state index in [1.165, 1.54) is 5.56 Å². The second-order valence-corrected chi connectivity index (χ2v) is 8.47. The monoisotopic (exact) mass is 418 g/mol. The molecule has 0 unspecified atom stereocenters. The summed E-state index contributed by atoms with van der Waals surface area (Å²) in [6, 6.07) is 12.3. The predicted molar refractivity (Wildman–Crippen MR) is 117 cm³/mol. The number of thiophene rings is 1. The highest BCUT2D eigenvalue weighted by Crippen LogP contribution is 2.30. The van der Waals surface area contributed by atoms with E-state index in [4.69, 9.17) is 4.74 Å². The Hall–Kier alpha value is -3.03. The van der Waals surface area contributed by atoms with Gasteiger partial charge in [-0.25, -0.2) is 9.67 Å². The zero-order valence-electron chi connectivity index (χ0n) is 16.7. The van der Waals surface area contributed by atoms with Gasteiger partial charge in [-0.2, -0.15) is 5.10 Å². The zero-order chi connectivity index (χ0) is 20.5. The van der Waals surface area contributed by atoms with Crippen LogP contribution in [0.5, 0.6) is 0 Å². The molecule has 1 aliphatic rings. The Bertz CT molecular complexity index is 1180. The highest BCUT2D eigenvalue weighted by atomic mass is 32.1. The molecule has 4 aromatic rings. The molecule has 1 atom stereocenters. The van der Waals surface area contributed by atoms with Gasteiger partial charge in [-0.05, 0) is 66.1 Å². The molecule has 30 heavy (non-hydrogen) atoms. The summed E-state index contributed by atoms with van der Waals surface area (Å²) in [7, 11) is 0. The fraction of sp³-hybridized carbons (Fsp3) is 0.261. The van der Waals surface area contributed by atoms with Crippen LogP contribution < -0.4 is 5.32 Å². The second-order valence-electron chi connectivity index (χ2n) is 7.59. The van der Waals surface area contributed by atoms with Gasteiger partial charge in [0.2, 0.25) is 0 Å². The SMILES string of the molecule is Cc1csc2c(Cc3ccc(-n4cccn4)cc3)cc(C(=O)N[C@@H]3CCOC3)nc12. The number of rotatable bonds is 5. The predicted octanol–water partition coefficient (Wildman–Crippen LogP) is 3.90. The van der Waals surface area contributed by atoms with Crippen LogP contribution in [0.4, 0.5) is 0 Å². The van der Waals surface area contributed by atoms with Crippen molar-refractivity contribution in [2.24, 2.45) is 0 Å². The third kappa shape index (κ3) is 3.74. The maximum Gasteiger partial charge on any atom is 0.270 e.